The summed E-state index contributed by atoms with van der Waals surface area (Å²) in [5.74, 6) is 0.254. The number of nitrogens with zero attached hydrogens (tertiary/aromatic N) is 1. The molecule has 17 heavy (non-hydrogen) atoms. The third kappa shape index (κ3) is 4.00. The SMILES string of the molecule is CC(C)C(N)C(=O)N1CCC(CC(N)=O)CC1. The Morgan fingerprint density at radius 1 is 1.29 bits per heavy atom. The first-order valence-corrected chi connectivity index (χ1v) is 6.24. The fourth-order valence-electron chi connectivity index (χ4n) is 2.14. The number of primary amides is 1. The zero-order valence-electron chi connectivity index (χ0n) is 10.7. The summed E-state index contributed by atoms with van der Waals surface area (Å²) < 4.78 is 0. The lowest BCUT2D eigenvalue weighted by Crippen LogP contribution is -2.49. The normalized spacial score (nSPS) is 19.4. The molecule has 0 saturated carbocycles. The van der Waals surface area contributed by atoms with Crippen molar-refractivity contribution < 1.29 is 9.59 Å². The van der Waals surface area contributed by atoms with E-state index in [-0.39, 0.29) is 17.7 Å². The van der Waals surface area contributed by atoms with Crippen molar-refractivity contribution in [1.82, 2.24) is 4.90 Å². The molecule has 0 aromatic carbocycles. The lowest BCUT2D eigenvalue weighted by atomic mass is 9.92. The highest BCUT2D eigenvalue weighted by atomic mass is 16.2. The molecule has 5 heteroatoms. The van der Waals surface area contributed by atoms with E-state index in [1.165, 1.54) is 0 Å². The quantitative estimate of drug-likeness (QED) is 0.730. The van der Waals surface area contributed by atoms with E-state index in [1.807, 2.05) is 18.7 Å². The predicted molar refractivity (Wildman–Crippen MR) is 65.9 cm³/mol. The molecule has 0 aromatic rings. The monoisotopic (exact) mass is 241 g/mol. The van der Waals surface area contributed by atoms with E-state index in [4.69, 9.17) is 11.5 Å². The summed E-state index contributed by atoms with van der Waals surface area (Å²) in [6.45, 7) is 5.28. The molecule has 98 valence electrons. The second-order valence-electron chi connectivity index (χ2n) is 5.21. The van der Waals surface area contributed by atoms with Crippen LogP contribution in [0.15, 0.2) is 0 Å². The Morgan fingerprint density at radius 3 is 2.24 bits per heavy atom. The molecule has 0 spiro atoms. The third-order valence-corrected chi connectivity index (χ3v) is 3.42. The van der Waals surface area contributed by atoms with Crippen molar-refractivity contribution in [2.75, 3.05) is 13.1 Å². The van der Waals surface area contributed by atoms with Crippen LogP contribution in [0, 0.1) is 11.8 Å². The van der Waals surface area contributed by atoms with Crippen LogP contribution in [0.5, 0.6) is 0 Å². The lowest BCUT2D eigenvalue weighted by Gasteiger charge is -2.33. The van der Waals surface area contributed by atoms with Gasteiger partial charge in [-0.15, -0.1) is 0 Å². The molecule has 0 radical (unpaired) electrons. The molecule has 2 amide bonds. The maximum Gasteiger partial charge on any atom is 0.239 e. The fourth-order valence-corrected chi connectivity index (χ4v) is 2.14. The molecule has 1 aliphatic rings. The second-order valence-corrected chi connectivity index (χ2v) is 5.21. The smallest absolute Gasteiger partial charge is 0.239 e. The van der Waals surface area contributed by atoms with Gasteiger partial charge < -0.3 is 16.4 Å². The third-order valence-electron chi connectivity index (χ3n) is 3.42. The minimum absolute atomic E-state index is 0.0255. The number of piperidine rings is 1. The van der Waals surface area contributed by atoms with Gasteiger partial charge in [0.1, 0.15) is 0 Å². The first-order valence-electron chi connectivity index (χ1n) is 6.24. The van der Waals surface area contributed by atoms with Crippen LogP contribution < -0.4 is 11.5 Å². The van der Waals surface area contributed by atoms with Gasteiger partial charge in [0, 0.05) is 19.5 Å². The topological polar surface area (TPSA) is 89.4 Å². The standard InChI is InChI=1S/C12H23N3O2/c1-8(2)11(14)12(17)15-5-3-9(4-6-15)7-10(13)16/h8-9,11H,3-7,14H2,1-2H3,(H2,13,16). The van der Waals surface area contributed by atoms with E-state index < -0.39 is 6.04 Å². The fraction of sp³-hybridized carbons (Fsp3) is 0.833. The van der Waals surface area contributed by atoms with E-state index in [0.717, 1.165) is 12.8 Å². The van der Waals surface area contributed by atoms with Crippen molar-refractivity contribution in [2.24, 2.45) is 23.3 Å². The van der Waals surface area contributed by atoms with Gasteiger partial charge in [-0.05, 0) is 24.7 Å². The summed E-state index contributed by atoms with van der Waals surface area (Å²) in [6, 6.07) is -0.414. The van der Waals surface area contributed by atoms with Crippen molar-refractivity contribution >= 4 is 11.8 Å². The number of nitrogens with two attached hydrogens (primary N) is 2. The van der Waals surface area contributed by atoms with Crippen LogP contribution in [-0.2, 0) is 9.59 Å². The minimum Gasteiger partial charge on any atom is -0.370 e. The minimum atomic E-state index is -0.414. The van der Waals surface area contributed by atoms with Crippen LogP contribution in [0.2, 0.25) is 0 Å². The van der Waals surface area contributed by atoms with Crippen LogP contribution in [0.1, 0.15) is 33.1 Å². The first kappa shape index (κ1) is 14.0. The van der Waals surface area contributed by atoms with Crippen LogP contribution in [0.3, 0.4) is 0 Å². The molecule has 1 fully saturated rings. The van der Waals surface area contributed by atoms with E-state index in [0.29, 0.717) is 25.4 Å². The summed E-state index contributed by atoms with van der Waals surface area (Å²) >= 11 is 0. The Balaban J connectivity index is 2.41. The molecular formula is C12H23N3O2. The summed E-state index contributed by atoms with van der Waals surface area (Å²) in [7, 11) is 0. The number of hydrogen-bond donors (Lipinski definition) is 2. The molecule has 0 aliphatic carbocycles. The Morgan fingerprint density at radius 2 is 1.82 bits per heavy atom. The first-order chi connectivity index (χ1) is 7.91. The Kier molecular flexibility index (Phi) is 4.93. The number of carbonyl (C=O) groups is 2. The molecular weight excluding hydrogens is 218 g/mol. The van der Waals surface area contributed by atoms with Crippen molar-refractivity contribution in [3.8, 4) is 0 Å². The zero-order valence-corrected chi connectivity index (χ0v) is 10.7. The number of amides is 2. The Hall–Kier alpha value is -1.10. The van der Waals surface area contributed by atoms with E-state index in [2.05, 4.69) is 0 Å². The van der Waals surface area contributed by atoms with Gasteiger partial charge in [0.15, 0.2) is 0 Å². The van der Waals surface area contributed by atoms with Gasteiger partial charge >= 0.3 is 0 Å². The zero-order chi connectivity index (χ0) is 13.0. The van der Waals surface area contributed by atoms with Crippen molar-refractivity contribution in [3.05, 3.63) is 0 Å². The number of carbonyl (C=O) groups excluding carboxylic acids is 2. The van der Waals surface area contributed by atoms with E-state index >= 15 is 0 Å². The maximum absolute atomic E-state index is 12.0. The lowest BCUT2D eigenvalue weighted by molar-refractivity contribution is -0.135. The molecule has 1 saturated heterocycles. The van der Waals surface area contributed by atoms with Gasteiger partial charge in [-0.25, -0.2) is 0 Å². The van der Waals surface area contributed by atoms with E-state index in [1.54, 1.807) is 0 Å². The van der Waals surface area contributed by atoms with Crippen molar-refractivity contribution in [2.45, 2.75) is 39.2 Å². The molecule has 1 heterocycles. The van der Waals surface area contributed by atoms with Gasteiger partial charge in [0.2, 0.25) is 11.8 Å². The molecule has 0 aromatic heterocycles. The number of likely N-dealkylation sites (tertiary alicyclic amines) is 1. The number of hydrogen-bond acceptors (Lipinski definition) is 3. The summed E-state index contributed by atoms with van der Waals surface area (Å²) in [5, 5.41) is 0. The van der Waals surface area contributed by atoms with Gasteiger partial charge in [-0.2, -0.15) is 0 Å². The van der Waals surface area contributed by atoms with Gasteiger partial charge in [0.05, 0.1) is 6.04 Å². The average Bonchev–Trinajstić information content (AvgIpc) is 2.27. The molecule has 1 atom stereocenters. The number of rotatable bonds is 4. The molecule has 0 bridgehead atoms. The van der Waals surface area contributed by atoms with E-state index in [9.17, 15) is 9.59 Å². The van der Waals surface area contributed by atoms with Crippen LogP contribution >= 0.6 is 0 Å². The Bertz CT molecular complexity index is 283. The van der Waals surface area contributed by atoms with Gasteiger partial charge in [-0.3, -0.25) is 9.59 Å². The van der Waals surface area contributed by atoms with Crippen LogP contribution in [-0.4, -0.2) is 35.8 Å². The second kappa shape index (κ2) is 6.00. The molecule has 1 aliphatic heterocycles. The van der Waals surface area contributed by atoms with Gasteiger partial charge in [-0.1, -0.05) is 13.8 Å². The average molecular weight is 241 g/mol. The maximum atomic E-state index is 12.0. The summed E-state index contributed by atoms with van der Waals surface area (Å²) in [6.07, 6.45) is 2.12. The highest BCUT2D eigenvalue weighted by molar-refractivity contribution is 5.82. The summed E-state index contributed by atoms with van der Waals surface area (Å²) in [5.41, 5.74) is 11.0. The molecule has 1 unspecified atom stereocenters. The highest BCUT2D eigenvalue weighted by Crippen LogP contribution is 2.21. The van der Waals surface area contributed by atoms with Gasteiger partial charge in [0.25, 0.3) is 0 Å². The van der Waals surface area contributed by atoms with Crippen LogP contribution in [0.25, 0.3) is 0 Å². The molecule has 5 nitrogen and oxygen atoms in total. The van der Waals surface area contributed by atoms with Crippen molar-refractivity contribution in [1.29, 1.82) is 0 Å². The molecule has 1 rings (SSSR count). The molecule has 4 N–H and O–H groups in total. The summed E-state index contributed by atoms with van der Waals surface area (Å²) in [4.78, 5) is 24.6. The van der Waals surface area contributed by atoms with Crippen molar-refractivity contribution in [3.63, 3.8) is 0 Å². The largest absolute Gasteiger partial charge is 0.370 e. The predicted octanol–water partition coefficient (Wildman–Crippen LogP) is 0.0837. The van der Waals surface area contributed by atoms with Crippen LogP contribution in [0.4, 0.5) is 0 Å². The Labute approximate surface area is 103 Å². The highest BCUT2D eigenvalue weighted by Gasteiger charge is 2.28.